The van der Waals surface area contributed by atoms with Crippen molar-refractivity contribution in [2.45, 2.75) is 25.8 Å². The maximum atomic E-state index is 12.5. The van der Waals surface area contributed by atoms with Crippen molar-refractivity contribution in [2.24, 2.45) is 0 Å². The second kappa shape index (κ2) is 9.14. The van der Waals surface area contributed by atoms with Crippen molar-refractivity contribution in [2.75, 3.05) is 28.6 Å². The number of carbonyl (C=O) groups excluding carboxylic acids is 1. The zero-order valence-corrected chi connectivity index (χ0v) is 16.2. The molecule has 2 N–H and O–H groups in total. The van der Waals surface area contributed by atoms with Crippen LogP contribution in [0.15, 0.2) is 61.2 Å². The number of carbonyl (C=O) groups is 1. The number of rotatable bonds is 6. The van der Waals surface area contributed by atoms with E-state index in [9.17, 15) is 4.79 Å². The van der Waals surface area contributed by atoms with Gasteiger partial charge in [-0.2, -0.15) is 0 Å². The third-order valence-electron chi connectivity index (χ3n) is 4.93. The Balaban J connectivity index is 1.32. The molecule has 0 bridgehead atoms. The fourth-order valence-electron chi connectivity index (χ4n) is 3.33. The second-order valence-corrected chi connectivity index (χ2v) is 7.06. The lowest BCUT2D eigenvalue weighted by atomic mass is 10.1. The smallest absolute Gasteiger partial charge is 0.258 e. The summed E-state index contributed by atoms with van der Waals surface area (Å²) >= 11 is 0. The molecule has 2 aromatic heterocycles. The number of anilines is 3. The average Bonchev–Trinajstić information content (AvgIpc) is 2.80. The maximum absolute atomic E-state index is 12.5. The Bertz CT molecular complexity index is 922. The maximum Gasteiger partial charge on any atom is 0.258 e. The Labute approximate surface area is 170 Å². The molecule has 1 saturated heterocycles. The standard InChI is InChI=1S/C22H24N6O/c29-21(27-19-6-8-20(9-7-19)28-11-2-1-3-12-28)18-15-25-22(26-16-18)24-14-17-5-4-10-23-13-17/h4-10,13,15-16H,1-3,11-12,14H2,(H,27,29)(H,24,25,26). The van der Waals surface area contributed by atoms with Gasteiger partial charge in [0.15, 0.2) is 0 Å². The molecule has 0 aliphatic carbocycles. The molecule has 1 aliphatic rings. The van der Waals surface area contributed by atoms with Gasteiger partial charge in [0.25, 0.3) is 5.91 Å². The van der Waals surface area contributed by atoms with E-state index in [-0.39, 0.29) is 5.91 Å². The summed E-state index contributed by atoms with van der Waals surface area (Å²) in [4.78, 5) is 27.4. The lowest BCUT2D eigenvalue weighted by Gasteiger charge is -2.28. The van der Waals surface area contributed by atoms with Crippen molar-refractivity contribution >= 4 is 23.2 Å². The van der Waals surface area contributed by atoms with E-state index in [1.54, 1.807) is 12.4 Å². The summed E-state index contributed by atoms with van der Waals surface area (Å²) in [6.07, 6.45) is 10.4. The molecule has 0 saturated carbocycles. The van der Waals surface area contributed by atoms with Crippen molar-refractivity contribution in [3.05, 3.63) is 72.3 Å². The molecule has 0 radical (unpaired) electrons. The highest BCUT2D eigenvalue weighted by Gasteiger charge is 2.12. The highest BCUT2D eigenvalue weighted by Crippen LogP contribution is 2.22. The van der Waals surface area contributed by atoms with Crippen LogP contribution in [0.1, 0.15) is 35.2 Å². The third kappa shape index (κ3) is 5.07. The summed E-state index contributed by atoms with van der Waals surface area (Å²) in [7, 11) is 0. The van der Waals surface area contributed by atoms with Gasteiger partial charge in [0.1, 0.15) is 0 Å². The molecule has 0 spiro atoms. The molecule has 1 aliphatic heterocycles. The molecule has 29 heavy (non-hydrogen) atoms. The van der Waals surface area contributed by atoms with Gasteiger partial charge in [0.05, 0.1) is 5.56 Å². The van der Waals surface area contributed by atoms with Crippen LogP contribution in [0.3, 0.4) is 0 Å². The van der Waals surface area contributed by atoms with Gasteiger partial charge < -0.3 is 15.5 Å². The molecule has 148 valence electrons. The van der Waals surface area contributed by atoms with E-state index in [0.717, 1.165) is 24.3 Å². The summed E-state index contributed by atoms with van der Waals surface area (Å²) in [6.45, 7) is 2.77. The Morgan fingerprint density at radius 1 is 0.966 bits per heavy atom. The fraction of sp³-hybridized carbons (Fsp3) is 0.273. The number of hydrogen-bond donors (Lipinski definition) is 2. The zero-order valence-electron chi connectivity index (χ0n) is 16.2. The number of nitrogens with zero attached hydrogens (tertiary/aromatic N) is 4. The molecule has 3 heterocycles. The van der Waals surface area contributed by atoms with Gasteiger partial charge in [-0.1, -0.05) is 6.07 Å². The zero-order chi connectivity index (χ0) is 19.9. The van der Waals surface area contributed by atoms with Gasteiger partial charge in [-0.15, -0.1) is 0 Å². The molecule has 1 fully saturated rings. The first-order valence-electron chi connectivity index (χ1n) is 9.89. The van der Waals surface area contributed by atoms with E-state index in [4.69, 9.17) is 0 Å². The minimum Gasteiger partial charge on any atom is -0.372 e. The summed E-state index contributed by atoms with van der Waals surface area (Å²) in [5, 5.41) is 6.02. The second-order valence-electron chi connectivity index (χ2n) is 7.06. The first-order chi connectivity index (χ1) is 14.3. The highest BCUT2D eigenvalue weighted by molar-refractivity contribution is 6.03. The quantitative estimate of drug-likeness (QED) is 0.670. The van der Waals surface area contributed by atoms with E-state index in [2.05, 4.69) is 42.6 Å². The van der Waals surface area contributed by atoms with Crippen molar-refractivity contribution in [3.63, 3.8) is 0 Å². The van der Waals surface area contributed by atoms with Crippen LogP contribution < -0.4 is 15.5 Å². The average molecular weight is 388 g/mol. The van der Waals surface area contributed by atoms with Crippen molar-refractivity contribution < 1.29 is 4.79 Å². The monoisotopic (exact) mass is 388 g/mol. The lowest BCUT2D eigenvalue weighted by molar-refractivity contribution is 0.102. The summed E-state index contributed by atoms with van der Waals surface area (Å²) < 4.78 is 0. The van der Waals surface area contributed by atoms with E-state index in [1.165, 1.54) is 37.3 Å². The topological polar surface area (TPSA) is 83.0 Å². The van der Waals surface area contributed by atoms with Gasteiger partial charge in [0, 0.05) is 55.8 Å². The largest absolute Gasteiger partial charge is 0.372 e. The number of benzene rings is 1. The third-order valence-corrected chi connectivity index (χ3v) is 4.93. The van der Waals surface area contributed by atoms with Crippen molar-refractivity contribution in [3.8, 4) is 0 Å². The first kappa shape index (κ1) is 18.9. The van der Waals surface area contributed by atoms with Crippen LogP contribution in [0.2, 0.25) is 0 Å². The van der Waals surface area contributed by atoms with Gasteiger partial charge in [-0.3, -0.25) is 9.78 Å². The van der Waals surface area contributed by atoms with Gasteiger partial charge >= 0.3 is 0 Å². The highest BCUT2D eigenvalue weighted by atomic mass is 16.1. The molecular weight excluding hydrogens is 364 g/mol. The molecule has 0 unspecified atom stereocenters. The number of amides is 1. The van der Waals surface area contributed by atoms with E-state index in [0.29, 0.717) is 18.1 Å². The molecular formula is C22H24N6O. The Hall–Kier alpha value is -3.48. The van der Waals surface area contributed by atoms with Crippen LogP contribution in [-0.4, -0.2) is 33.9 Å². The van der Waals surface area contributed by atoms with Crippen molar-refractivity contribution in [1.29, 1.82) is 0 Å². The minimum atomic E-state index is -0.227. The number of hydrogen-bond acceptors (Lipinski definition) is 6. The van der Waals surface area contributed by atoms with Gasteiger partial charge in [-0.25, -0.2) is 9.97 Å². The predicted molar refractivity (Wildman–Crippen MR) is 114 cm³/mol. The van der Waals surface area contributed by atoms with Gasteiger partial charge in [-0.05, 0) is 55.2 Å². The van der Waals surface area contributed by atoms with E-state index < -0.39 is 0 Å². The molecule has 7 nitrogen and oxygen atoms in total. The van der Waals surface area contributed by atoms with Gasteiger partial charge in [0.2, 0.25) is 5.95 Å². The molecule has 1 aromatic carbocycles. The number of pyridine rings is 1. The van der Waals surface area contributed by atoms with Crippen LogP contribution in [-0.2, 0) is 6.54 Å². The summed E-state index contributed by atoms with van der Waals surface area (Å²) in [5.41, 5.74) is 3.41. The van der Waals surface area contributed by atoms with Crippen LogP contribution >= 0.6 is 0 Å². The summed E-state index contributed by atoms with van der Waals surface area (Å²) in [5.74, 6) is 0.241. The Kier molecular flexibility index (Phi) is 5.95. The van der Waals surface area contributed by atoms with Crippen LogP contribution in [0, 0.1) is 0 Å². The predicted octanol–water partition coefficient (Wildman–Crippen LogP) is 3.73. The number of nitrogens with one attached hydrogen (secondary N) is 2. The minimum absolute atomic E-state index is 0.227. The van der Waals surface area contributed by atoms with Crippen LogP contribution in [0.5, 0.6) is 0 Å². The fourth-order valence-corrected chi connectivity index (χ4v) is 3.33. The number of aromatic nitrogens is 3. The molecule has 3 aromatic rings. The first-order valence-corrected chi connectivity index (χ1v) is 9.89. The van der Waals surface area contributed by atoms with E-state index >= 15 is 0 Å². The van der Waals surface area contributed by atoms with E-state index in [1.807, 2.05) is 24.3 Å². The summed E-state index contributed by atoms with van der Waals surface area (Å²) in [6, 6.07) is 11.8. The number of piperidine rings is 1. The SMILES string of the molecule is O=C(Nc1ccc(N2CCCCC2)cc1)c1cnc(NCc2cccnc2)nc1. The molecule has 4 rings (SSSR count). The molecule has 7 heteroatoms. The van der Waals surface area contributed by atoms with Crippen LogP contribution in [0.25, 0.3) is 0 Å². The Morgan fingerprint density at radius 2 is 1.72 bits per heavy atom. The van der Waals surface area contributed by atoms with Crippen molar-refractivity contribution in [1.82, 2.24) is 15.0 Å². The Morgan fingerprint density at radius 3 is 2.41 bits per heavy atom. The normalized spacial score (nSPS) is 13.7. The van der Waals surface area contributed by atoms with Crippen LogP contribution in [0.4, 0.5) is 17.3 Å². The molecule has 1 amide bonds. The molecule has 0 atom stereocenters. The lowest BCUT2D eigenvalue weighted by Crippen LogP contribution is -2.29.